The van der Waals surface area contributed by atoms with Crippen molar-refractivity contribution in [2.45, 2.75) is 20.0 Å². The van der Waals surface area contributed by atoms with Crippen molar-refractivity contribution in [3.8, 4) is 0 Å². The summed E-state index contributed by atoms with van der Waals surface area (Å²) in [5.74, 6) is 0.0604. The van der Waals surface area contributed by atoms with E-state index >= 15 is 0 Å². The molecule has 0 fully saturated rings. The van der Waals surface area contributed by atoms with Crippen LogP contribution in [0.2, 0.25) is 0 Å². The highest BCUT2D eigenvalue weighted by Crippen LogP contribution is 2.32. The molecule has 0 N–H and O–H groups in total. The zero-order valence-electron chi connectivity index (χ0n) is 12.5. The lowest BCUT2D eigenvalue weighted by molar-refractivity contribution is 0.0775. The van der Waals surface area contributed by atoms with Gasteiger partial charge in [0.15, 0.2) is 0 Å². The molecule has 0 saturated carbocycles. The standard InChI is InChI=1S/C17H17BrN2OS/c1-3-20-13-10-16(18)22-15(13)9-14(20)17(21)19(2)11-12-7-5-4-6-8-12/h4-10H,3,11H2,1-2H3. The third kappa shape index (κ3) is 2.83. The van der Waals surface area contributed by atoms with Crippen molar-refractivity contribution < 1.29 is 4.79 Å². The topological polar surface area (TPSA) is 25.2 Å². The monoisotopic (exact) mass is 376 g/mol. The van der Waals surface area contributed by atoms with E-state index < -0.39 is 0 Å². The Balaban J connectivity index is 1.89. The van der Waals surface area contributed by atoms with E-state index in [0.717, 1.165) is 31.8 Å². The van der Waals surface area contributed by atoms with Crippen LogP contribution in [0.1, 0.15) is 23.0 Å². The number of fused-ring (bicyclic) bond motifs is 1. The maximum atomic E-state index is 12.8. The molecule has 2 heterocycles. The molecule has 0 unspecified atom stereocenters. The Kier molecular flexibility index (Phi) is 4.36. The summed E-state index contributed by atoms with van der Waals surface area (Å²) >= 11 is 5.17. The molecular formula is C17H17BrN2OS. The normalized spacial score (nSPS) is 11.0. The number of hydrogen-bond acceptors (Lipinski definition) is 2. The SMILES string of the molecule is CCn1c(C(=O)N(C)Cc2ccccc2)cc2sc(Br)cc21. The molecule has 0 atom stereocenters. The molecule has 22 heavy (non-hydrogen) atoms. The zero-order valence-corrected chi connectivity index (χ0v) is 14.9. The summed E-state index contributed by atoms with van der Waals surface area (Å²) in [6.07, 6.45) is 0. The van der Waals surface area contributed by atoms with Crippen LogP contribution < -0.4 is 0 Å². The van der Waals surface area contributed by atoms with Gasteiger partial charge in [0.05, 0.1) is 14.0 Å². The van der Waals surface area contributed by atoms with Crippen LogP contribution in [0.4, 0.5) is 0 Å². The van der Waals surface area contributed by atoms with E-state index in [1.807, 2.05) is 43.4 Å². The molecule has 5 heteroatoms. The van der Waals surface area contributed by atoms with Gasteiger partial charge >= 0.3 is 0 Å². The number of carbonyl (C=O) groups excluding carboxylic acids is 1. The van der Waals surface area contributed by atoms with Gasteiger partial charge in [-0.2, -0.15) is 0 Å². The Morgan fingerprint density at radius 2 is 2.00 bits per heavy atom. The number of carbonyl (C=O) groups is 1. The van der Waals surface area contributed by atoms with Crippen LogP contribution in [0.5, 0.6) is 0 Å². The minimum Gasteiger partial charge on any atom is -0.336 e. The van der Waals surface area contributed by atoms with Crippen LogP contribution in [0.3, 0.4) is 0 Å². The second kappa shape index (κ2) is 6.26. The second-order valence-electron chi connectivity index (χ2n) is 5.22. The van der Waals surface area contributed by atoms with E-state index in [1.54, 1.807) is 16.2 Å². The van der Waals surface area contributed by atoms with Crippen LogP contribution in [0, 0.1) is 0 Å². The highest BCUT2D eigenvalue weighted by molar-refractivity contribution is 9.11. The lowest BCUT2D eigenvalue weighted by atomic mass is 10.2. The van der Waals surface area contributed by atoms with Gasteiger partial charge in [0, 0.05) is 20.1 Å². The molecule has 1 aromatic carbocycles. The highest BCUT2D eigenvalue weighted by Gasteiger charge is 2.19. The predicted molar refractivity (Wildman–Crippen MR) is 95.4 cm³/mol. The van der Waals surface area contributed by atoms with E-state index in [1.165, 1.54) is 0 Å². The molecule has 3 nitrogen and oxygen atoms in total. The average Bonchev–Trinajstić information content (AvgIpc) is 3.02. The number of benzene rings is 1. The fraction of sp³-hybridized carbons (Fsp3) is 0.235. The highest BCUT2D eigenvalue weighted by atomic mass is 79.9. The van der Waals surface area contributed by atoms with Gasteiger partial charge in [0.1, 0.15) is 5.69 Å². The van der Waals surface area contributed by atoms with E-state index in [-0.39, 0.29) is 5.91 Å². The largest absolute Gasteiger partial charge is 0.336 e. The molecule has 114 valence electrons. The first-order valence-corrected chi connectivity index (χ1v) is 8.79. The first-order valence-electron chi connectivity index (χ1n) is 7.18. The molecule has 3 rings (SSSR count). The summed E-state index contributed by atoms with van der Waals surface area (Å²) in [5, 5.41) is 0. The average molecular weight is 377 g/mol. The number of thiophene rings is 1. The Hall–Kier alpha value is -1.59. The maximum Gasteiger partial charge on any atom is 0.270 e. The quantitative estimate of drug-likeness (QED) is 0.644. The first-order chi connectivity index (χ1) is 10.6. The number of aryl methyl sites for hydroxylation is 1. The lowest BCUT2D eigenvalue weighted by Crippen LogP contribution is -2.28. The number of rotatable bonds is 4. The molecule has 3 aromatic rings. The molecule has 2 aromatic heterocycles. The number of aromatic nitrogens is 1. The molecule has 1 amide bonds. The Morgan fingerprint density at radius 3 is 2.68 bits per heavy atom. The van der Waals surface area contributed by atoms with Crippen LogP contribution in [0.25, 0.3) is 10.2 Å². The van der Waals surface area contributed by atoms with Crippen LogP contribution in [-0.2, 0) is 13.1 Å². The van der Waals surface area contributed by atoms with E-state index in [2.05, 4.69) is 33.5 Å². The minimum atomic E-state index is 0.0604. The molecule has 0 aliphatic carbocycles. The zero-order chi connectivity index (χ0) is 15.7. The van der Waals surface area contributed by atoms with Crippen molar-refractivity contribution in [2.75, 3.05) is 7.05 Å². The predicted octanol–water partition coefficient (Wildman–Crippen LogP) is 4.76. The van der Waals surface area contributed by atoms with Gasteiger partial charge in [-0.1, -0.05) is 30.3 Å². The van der Waals surface area contributed by atoms with Crippen molar-refractivity contribution in [3.05, 3.63) is 57.5 Å². The van der Waals surface area contributed by atoms with Gasteiger partial charge in [-0.05, 0) is 40.5 Å². The van der Waals surface area contributed by atoms with Gasteiger partial charge < -0.3 is 9.47 Å². The van der Waals surface area contributed by atoms with Crippen LogP contribution in [0.15, 0.2) is 46.3 Å². The molecule has 0 aliphatic rings. The summed E-state index contributed by atoms with van der Waals surface area (Å²) in [6.45, 7) is 3.47. The number of halogens is 1. The summed E-state index contributed by atoms with van der Waals surface area (Å²) < 4.78 is 4.32. The summed E-state index contributed by atoms with van der Waals surface area (Å²) in [6, 6.07) is 14.1. The van der Waals surface area contributed by atoms with E-state index in [9.17, 15) is 4.79 Å². The Morgan fingerprint density at radius 1 is 1.27 bits per heavy atom. The fourth-order valence-electron chi connectivity index (χ4n) is 2.65. The first kappa shape index (κ1) is 15.3. The smallest absolute Gasteiger partial charge is 0.270 e. The van der Waals surface area contributed by atoms with Crippen molar-refractivity contribution in [1.29, 1.82) is 0 Å². The van der Waals surface area contributed by atoms with Crippen molar-refractivity contribution in [3.63, 3.8) is 0 Å². The van der Waals surface area contributed by atoms with Crippen molar-refractivity contribution in [2.24, 2.45) is 0 Å². The molecular weight excluding hydrogens is 360 g/mol. The fourth-order valence-corrected chi connectivity index (χ4v) is 4.22. The molecule has 0 bridgehead atoms. The third-order valence-electron chi connectivity index (χ3n) is 3.70. The summed E-state index contributed by atoms with van der Waals surface area (Å²) in [7, 11) is 1.85. The van der Waals surface area contributed by atoms with E-state index in [4.69, 9.17) is 0 Å². The van der Waals surface area contributed by atoms with Crippen molar-refractivity contribution >= 4 is 43.4 Å². The Labute approximate surface area is 142 Å². The van der Waals surface area contributed by atoms with Gasteiger partial charge in [-0.25, -0.2) is 0 Å². The minimum absolute atomic E-state index is 0.0604. The Bertz CT molecular complexity index is 807. The van der Waals surface area contributed by atoms with E-state index in [0.29, 0.717) is 6.54 Å². The molecule has 0 radical (unpaired) electrons. The maximum absolute atomic E-state index is 12.8. The lowest BCUT2D eigenvalue weighted by Gasteiger charge is -2.18. The third-order valence-corrected chi connectivity index (χ3v) is 5.28. The van der Waals surface area contributed by atoms with Gasteiger partial charge in [-0.3, -0.25) is 4.79 Å². The summed E-state index contributed by atoms with van der Waals surface area (Å²) in [5.41, 5.74) is 3.02. The molecule has 0 spiro atoms. The molecule has 0 aliphatic heterocycles. The van der Waals surface area contributed by atoms with Crippen LogP contribution >= 0.6 is 27.3 Å². The number of hydrogen-bond donors (Lipinski definition) is 0. The second-order valence-corrected chi connectivity index (χ2v) is 7.68. The molecule has 0 saturated heterocycles. The number of amides is 1. The van der Waals surface area contributed by atoms with Gasteiger partial charge in [0.25, 0.3) is 5.91 Å². The summed E-state index contributed by atoms with van der Waals surface area (Å²) in [4.78, 5) is 14.6. The van der Waals surface area contributed by atoms with Crippen LogP contribution in [-0.4, -0.2) is 22.4 Å². The number of nitrogens with zero attached hydrogens (tertiary/aromatic N) is 2. The van der Waals surface area contributed by atoms with Gasteiger partial charge in [0.2, 0.25) is 0 Å². The van der Waals surface area contributed by atoms with Crippen molar-refractivity contribution in [1.82, 2.24) is 9.47 Å². The van der Waals surface area contributed by atoms with Gasteiger partial charge in [-0.15, -0.1) is 11.3 Å².